The highest BCUT2D eigenvalue weighted by molar-refractivity contribution is 8.00. The van der Waals surface area contributed by atoms with E-state index in [1.165, 1.54) is 18.9 Å². The van der Waals surface area contributed by atoms with Gasteiger partial charge in [-0.3, -0.25) is 14.4 Å². The molecule has 0 saturated carbocycles. The number of hydrogen-bond acceptors (Lipinski definition) is 5. The average Bonchev–Trinajstić information content (AvgIpc) is 2.99. The first-order chi connectivity index (χ1) is 20.2. The van der Waals surface area contributed by atoms with Crippen LogP contribution in [0.1, 0.15) is 28.4 Å². The second kappa shape index (κ2) is 14.4. The van der Waals surface area contributed by atoms with Gasteiger partial charge in [0.15, 0.2) is 0 Å². The number of thioether (sulfide) groups is 1. The number of halogens is 1. The van der Waals surface area contributed by atoms with Crippen LogP contribution in [0.25, 0.3) is 6.08 Å². The summed E-state index contributed by atoms with van der Waals surface area (Å²) in [6.07, 6.45) is 1.66. The quantitative estimate of drug-likeness (QED) is 0.132. The van der Waals surface area contributed by atoms with E-state index in [0.717, 1.165) is 16.0 Å². The smallest absolute Gasteiger partial charge is 0.272 e. The Kier molecular flexibility index (Phi) is 10.4. The number of anilines is 2. The largest absolute Gasteiger partial charge is 0.495 e. The number of amides is 3. The lowest BCUT2D eigenvalue weighted by Gasteiger charge is -2.15. The summed E-state index contributed by atoms with van der Waals surface area (Å²) in [6.45, 7) is 3.73. The molecule has 0 bridgehead atoms. The number of nitrogens with one attached hydrogen (secondary N) is 3. The van der Waals surface area contributed by atoms with Crippen LogP contribution in [0, 0.1) is 6.92 Å². The van der Waals surface area contributed by atoms with Crippen molar-refractivity contribution in [3.8, 4) is 5.75 Å². The molecular formula is C33H30ClN3O4S. The Morgan fingerprint density at radius 3 is 2.26 bits per heavy atom. The molecule has 1 atom stereocenters. The Hall–Kier alpha value is -4.53. The average molecular weight is 600 g/mol. The third-order valence-corrected chi connectivity index (χ3v) is 7.58. The minimum Gasteiger partial charge on any atom is -0.495 e. The molecule has 0 radical (unpaired) electrons. The van der Waals surface area contributed by atoms with E-state index in [4.69, 9.17) is 16.3 Å². The summed E-state index contributed by atoms with van der Waals surface area (Å²) in [4.78, 5) is 39.9. The van der Waals surface area contributed by atoms with Crippen molar-refractivity contribution >= 4 is 58.5 Å². The summed E-state index contributed by atoms with van der Waals surface area (Å²) in [5.74, 6) is -0.551. The van der Waals surface area contributed by atoms with Gasteiger partial charge >= 0.3 is 0 Å². The number of hydrogen-bond donors (Lipinski definition) is 3. The molecule has 1 unspecified atom stereocenters. The fraction of sp³-hybridized carbons (Fsp3) is 0.121. The molecule has 4 aromatic carbocycles. The molecule has 7 nitrogen and oxygen atoms in total. The zero-order valence-corrected chi connectivity index (χ0v) is 24.9. The summed E-state index contributed by atoms with van der Waals surface area (Å²) >= 11 is 7.44. The highest BCUT2D eigenvalue weighted by Crippen LogP contribution is 2.30. The highest BCUT2D eigenvalue weighted by Gasteiger charge is 2.18. The van der Waals surface area contributed by atoms with E-state index in [-0.39, 0.29) is 17.5 Å². The van der Waals surface area contributed by atoms with Crippen molar-refractivity contribution in [1.82, 2.24) is 5.32 Å². The topological polar surface area (TPSA) is 96.5 Å². The van der Waals surface area contributed by atoms with Crippen LogP contribution >= 0.6 is 23.4 Å². The molecular weight excluding hydrogens is 570 g/mol. The molecule has 4 rings (SSSR count). The zero-order valence-electron chi connectivity index (χ0n) is 23.3. The van der Waals surface area contributed by atoms with Gasteiger partial charge < -0.3 is 20.7 Å². The van der Waals surface area contributed by atoms with Crippen LogP contribution in [0.15, 0.2) is 108 Å². The van der Waals surface area contributed by atoms with Crippen molar-refractivity contribution < 1.29 is 19.1 Å². The lowest BCUT2D eigenvalue weighted by atomic mass is 10.1. The summed E-state index contributed by atoms with van der Waals surface area (Å²) in [6, 6.07) is 28.4. The standard InChI is InChI=1S/C33H30ClN3O4S/c1-21-9-7-8-12-24(21)19-29(37-32(39)23-10-5-4-6-11-23)33(40)35-26-14-16-27(17-15-26)42-22(2)31(38)36-28-20-25(34)13-18-30(28)41-3/h4-20,22H,1-3H3,(H,35,40)(H,36,38)(H,37,39)/b29-19-. The van der Waals surface area contributed by atoms with E-state index < -0.39 is 11.2 Å². The number of rotatable bonds is 10. The minimum absolute atomic E-state index is 0.110. The van der Waals surface area contributed by atoms with Gasteiger partial charge in [0.2, 0.25) is 5.91 Å². The van der Waals surface area contributed by atoms with E-state index in [0.29, 0.717) is 27.7 Å². The SMILES string of the molecule is COc1ccc(Cl)cc1NC(=O)C(C)Sc1ccc(NC(=O)/C(=C/c2ccccc2C)NC(=O)c2ccccc2)cc1. The molecule has 0 aliphatic carbocycles. The van der Waals surface area contributed by atoms with E-state index in [9.17, 15) is 14.4 Å². The van der Waals surface area contributed by atoms with Gasteiger partial charge in [-0.1, -0.05) is 54.1 Å². The number of benzene rings is 4. The third-order valence-electron chi connectivity index (χ3n) is 6.23. The predicted octanol–water partition coefficient (Wildman–Crippen LogP) is 7.19. The number of carbonyl (C=O) groups is 3. The van der Waals surface area contributed by atoms with Crippen LogP contribution in [0.2, 0.25) is 5.02 Å². The van der Waals surface area contributed by atoms with Crippen LogP contribution in [-0.4, -0.2) is 30.1 Å². The molecule has 4 aromatic rings. The number of ether oxygens (including phenoxy) is 1. The third kappa shape index (κ3) is 8.25. The Balaban J connectivity index is 1.44. The fourth-order valence-corrected chi connectivity index (χ4v) is 4.97. The molecule has 3 N–H and O–H groups in total. The minimum atomic E-state index is -0.467. The van der Waals surface area contributed by atoms with Gasteiger partial charge in [0, 0.05) is 21.2 Å². The Morgan fingerprint density at radius 1 is 0.881 bits per heavy atom. The van der Waals surface area contributed by atoms with Crippen molar-refractivity contribution in [3.05, 3.63) is 124 Å². The predicted molar refractivity (Wildman–Crippen MR) is 170 cm³/mol. The van der Waals surface area contributed by atoms with Crippen molar-refractivity contribution in [2.75, 3.05) is 17.7 Å². The van der Waals surface area contributed by atoms with Crippen LogP contribution in [0.5, 0.6) is 5.75 Å². The zero-order chi connectivity index (χ0) is 30.1. The molecule has 42 heavy (non-hydrogen) atoms. The molecule has 0 heterocycles. The molecule has 0 aliphatic rings. The molecule has 0 aliphatic heterocycles. The normalized spacial score (nSPS) is 11.8. The second-order valence-corrected chi connectivity index (χ2v) is 11.2. The van der Waals surface area contributed by atoms with Crippen LogP contribution in [-0.2, 0) is 9.59 Å². The monoisotopic (exact) mass is 599 g/mol. The van der Waals surface area contributed by atoms with E-state index in [2.05, 4.69) is 16.0 Å². The molecule has 3 amide bonds. The van der Waals surface area contributed by atoms with Gasteiger partial charge in [-0.25, -0.2) is 0 Å². The van der Waals surface area contributed by atoms with Crippen molar-refractivity contribution in [2.24, 2.45) is 0 Å². The lowest BCUT2D eigenvalue weighted by molar-refractivity contribution is -0.115. The van der Waals surface area contributed by atoms with Crippen LogP contribution < -0.4 is 20.7 Å². The number of methoxy groups -OCH3 is 1. The maximum Gasteiger partial charge on any atom is 0.272 e. The van der Waals surface area contributed by atoms with E-state index in [1.807, 2.05) is 49.4 Å². The Labute approximate surface area is 254 Å². The summed E-state index contributed by atoms with van der Waals surface area (Å²) in [5.41, 5.74) is 3.35. The molecule has 214 valence electrons. The lowest BCUT2D eigenvalue weighted by Crippen LogP contribution is -2.30. The summed E-state index contributed by atoms with van der Waals surface area (Å²) in [7, 11) is 1.52. The number of carbonyl (C=O) groups excluding carboxylic acids is 3. The van der Waals surface area contributed by atoms with E-state index >= 15 is 0 Å². The first-order valence-corrected chi connectivity index (χ1v) is 14.4. The van der Waals surface area contributed by atoms with Crippen molar-refractivity contribution in [1.29, 1.82) is 0 Å². The van der Waals surface area contributed by atoms with Gasteiger partial charge in [-0.05, 0) is 85.6 Å². The van der Waals surface area contributed by atoms with Crippen molar-refractivity contribution in [3.63, 3.8) is 0 Å². The first-order valence-electron chi connectivity index (χ1n) is 13.1. The second-order valence-electron chi connectivity index (χ2n) is 9.31. The van der Waals surface area contributed by atoms with Gasteiger partial charge in [0.1, 0.15) is 11.4 Å². The van der Waals surface area contributed by atoms with Crippen molar-refractivity contribution in [2.45, 2.75) is 24.0 Å². The molecule has 0 saturated heterocycles. The maximum atomic E-state index is 13.3. The highest BCUT2D eigenvalue weighted by atomic mass is 35.5. The molecule has 0 spiro atoms. The Morgan fingerprint density at radius 2 is 1.57 bits per heavy atom. The van der Waals surface area contributed by atoms with Gasteiger partial charge in [0.05, 0.1) is 18.0 Å². The first kappa shape index (κ1) is 30.4. The Bertz CT molecular complexity index is 1610. The molecule has 0 fully saturated rings. The number of aryl methyl sites for hydroxylation is 1. The summed E-state index contributed by atoms with van der Waals surface area (Å²) < 4.78 is 5.30. The van der Waals surface area contributed by atoms with Crippen LogP contribution in [0.3, 0.4) is 0 Å². The van der Waals surface area contributed by atoms with E-state index in [1.54, 1.807) is 67.6 Å². The fourth-order valence-electron chi connectivity index (χ4n) is 3.93. The molecule has 0 aromatic heterocycles. The summed E-state index contributed by atoms with van der Waals surface area (Å²) in [5, 5.41) is 8.53. The van der Waals surface area contributed by atoms with Gasteiger partial charge in [0.25, 0.3) is 11.8 Å². The van der Waals surface area contributed by atoms with Crippen LogP contribution in [0.4, 0.5) is 11.4 Å². The van der Waals surface area contributed by atoms with Gasteiger partial charge in [-0.15, -0.1) is 11.8 Å². The molecule has 9 heteroatoms. The maximum absolute atomic E-state index is 13.3. The van der Waals surface area contributed by atoms with Gasteiger partial charge in [-0.2, -0.15) is 0 Å².